The van der Waals surface area contributed by atoms with Crippen LogP contribution >= 0.6 is 27.5 Å². The van der Waals surface area contributed by atoms with Gasteiger partial charge in [-0.05, 0) is 34.0 Å². The SMILES string of the molecule is FC(F)(F)CCCOc1nc(Cl)ncc1Br. The first kappa shape index (κ1) is 13.5. The minimum atomic E-state index is -4.16. The lowest BCUT2D eigenvalue weighted by molar-refractivity contribution is -0.136. The van der Waals surface area contributed by atoms with E-state index in [9.17, 15) is 13.2 Å². The van der Waals surface area contributed by atoms with Crippen molar-refractivity contribution in [2.45, 2.75) is 19.0 Å². The summed E-state index contributed by atoms with van der Waals surface area (Å²) in [6.07, 6.45) is -3.81. The Morgan fingerprint density at radius 2 is 2.12 bits per heavy atom. The molecule has 8 heteroatoms. The lowest BCUT2D eigenvalue weighted by Gasteiger charge is -2.08. The molecule has 0 N–H and O–H groups in total. The summed E-state index contributed by atoms with van der Waals surface area (Å²) in [5.41, 5.74) is 0. The summed E-state index contributed by atoms with van der Waals surface area (Å²) in [5.74, 6) is 0.141. The molecule has 0 radical (unpaired) electrons. The van der Waals surface area contributed by atoms with Crippen LogP contribution in [0.1, 0.15) is 12.8 Å². The third-order valence-corrected chi connectivity index (χ3v) is 2.25. The third-order valence-electron chi connectivity index (χ3n) is 1.53. The Balaban J connectivity index is 2.40. The molecule has 0 saturated carbocycles. The highest BCUT2D eigenvalue weighted by molar-refractivity contribution is 9.10. The standard InChI is InChI=1S/C8H7BrClF3N2O/c9-5-4-14-7(10)15-6(5)16-3-1-2-8(11,12)13/h4H,1-3H2. The molecule has 0 atom stereocenters. The smallest absolute Gasteiger partial charge is 0.389 e. The first-order valence-corrected chi connectivity index (χ1v) is 5.43. The van der Waals surface area contributed by atoms with E-state index in [-0.39, 0.29) is 24.2 Å². The molecular weight excluding hydrogens is 312 g/mol. The Kier molecular flexibility index (Phi) is 4.79. The number of rotatable bonds is 4. The van der Waals surface area contributed by atoms with Gasteiger partial charge in [-0.15, -0.1) is 0 Å². The summed E-state index contributed by atoms with van der Waals surface area (Å²) >= 11 is 8.59. The van der Waals surface area contributed by atoms with Crippen molar-refractivity contribution in [2.24, 2.45) is 0 Å². The van der Waals surface area contributed by atoms with Gasteiger partial charge in [-0.2, -0.15) is 18.2 Å². The molecule has 1 rings (SSSR count). The highest BCUT2D eigenvalue weighted by atomic mass is 79.9. The van der Waals surface area contributed by atoms with Crippen LogP contribution in [0.2, 0.25) is 5.28 Å². The first-order chi connectivity index (χ1) is 7.38. The van der Waals surface area contributed by atoms with Gasteiger partial charge in [-0.3, -0.25) is 0 Å². The predicted octanol–water partition coefficient (Wildman–Crippen LogP) is 3.61. The van der Waals surface area contributed by atoms with Gasteiger partial charge >= 0.3 is 6.18 Å². The number of aromatic nitrogens is 2. The van der Waals surface area contributed by atoms with Gasteiger partial charge in [-0.25, -0.2) is 4.98 Å². The number of alkyl halides is 3. The van der Waals surface area contributed by atoms with Crippen LogP contribution in [0.25, 0.3) is 0 Å². The van der Waals surface area contributed by atoms with Gasteiger partial charge in [0.05, 0.1) is 11.1 Å². The summed E-state index contributed by atoms with van der Waals surface area (Å²) in [5, 5.41) is -0.0194. The largest absolute Gasteiger partial charge is 0.477 e. The van der Waals surface area contributed by atoms with Crippen LogP contribution in [-0.2, 0) is 0 Å². The predicted molar refractivity (Wildman–Crippen MR) is 55.5 cm³/mol. The Hall–Kier alpha value is -0.560. The van der Waals surface area contributed by atoms with Gasteiger partial charge in [-0.1, -0.05) is 0 Å². The van der Waals surface area contributed by atoms with Crippen LogP contribution in [0.3, 0.4) is 0 Å². The second-order valence-electron chi connectivity index (χ2n) is 2.86. The topological polar surface area (TPSA) is 35.0 Å². The molecule has 0 unspecified atom stereocenters. The third kappa shape index (κ3) is 4.98. The summed E-state index contributed by atoms with van der Waals surface area (Å²) in [6, 6.07) is 0. The van der Waals surface area contributed by atoms with Crippen LogP contribution < -0.4 is 4.74 Å². The summed E-state index contributed by atoms with van der Waals surface area (Å²) in [4.78, 5) is 7.36. The van der Waals surface area contributed by atoms with Crippen molar-refractivity contribution in [1.82, 2.24) is 9.97 Å². The fourth-order valence-electron chi connectivity index (χ4n) is 0.874. The van der Waals surface area contributed by atoms with Crippen molar-refractivity contribution in [3.8, 4) is 5.88 Å². The van der Waals surface area contributed by atoms with E-state index in [2.05, 4.69) is 25.9 Å². The zero-order valence-electron chi connectivity index (χ0n) is 7.89. The van der Waals surface area contributed by atoms with Crippen molar-refractivity contribution in [1.29, 1.82) is 0 Å². The molecular formula is C8H7BrClF3N2O. The van der Waals surface area contributed by atoms with Crippen LogP contribution in [-0.4, -0.2) is 22.8 Å². The monoisotopic (exact) mass is 318 g/mol. The summed E-state index contributed by atoms with van der Waals surface area (Å²) in [7, 11) is 0. The van der Waals surface area contributed by atoms with E-state index >= 15 is 0 Å². The summed E-state index contributed by atoms with van der Waals surface area (Å²) < 4.78 is 40.9. The Morgan fingerprint density at radius 3 is 2.75 bits per heavy atom. The molecule has 0 fully saturated rings. The zero-order valence-corrected chi connectivity index (χ0v) is 10.2. The van der Waals surface area contributed by atoms with Crippen molar-refractivity contribution in [2.75, 3.05) is 6.61 Å². The molecule has 90 valence electrons. The maximum atomic E-state index is 11.8. The number of hydrogen-bond acceptors (Lipinski definition) is 3. The van der Waals surface area contributed by atoms with Gasteiger partial charge in [0.1, 0.15) is 0 Å². The van der Waals surface area contributed by atoms with Gasteiger partial charge in [0, 0.05) is 12.6 Å². The van der Waals surface area contributed by atoms with E-state index in [0.29, 0.717) is 4.47 Å². The van der Waals surface area contributed by atoms with Crippen molar-refractivity contribution in [3.05, 3.63) is 16.0 Å². The van der Waals surface area contributed by atoms with E-state index in [1.165, 1.54) is 6.20 Å². The van der Waals surface area contributed by atoms with Crippen LogP contribution in [0, 0.1) is 0 Å². The van der Waals surface area contributed by atoms with Crippen LogP contribution in [0.15, 0.2) is 10.7 Å². The minimum Gasteiger partial charge on any atom is -0.477 e. The molecule has 0 spiro atoms. The second-order valence-corrected chi connectivity index (χ2v) is 4.05. The van der Waals surface area contributed by atoms with Crippen LogP contribution in [0.5, 0.6) is 5.88 Å². The average molecular weight is 320 g/mol. The van der Waals surface area contributed by atoms with Crippen molar-refractivity contribution < 1.29 is 17.9 Å². The van der Waals surface area contributed by atoms with Gasteiger partial charge < -0.3 is 4.74 Å². The van der Waals surface area contributed by atoms with Gasteiger partial charge in [0.15, 0.2) is 0 Å². The van der Waals surface area contributed by atoms with Crippen molar-refractivity contribution in [3.63, 3.8) is 0 Å². The number of ether oxygens (including phenoxy) is 1. The van der Waals surface area contributed by atoms with Gasteiger partial charge in [0.2, 0.25) is 11.2 Å². The number of halogens is 5. The van der Waals surface area contributed by atoms with Crippen molar-refractivity contribution >= 4 is 27.5 Å². The molecule has 0 aromatic carbocycles. The molecule has 16 heavy (non-hydrogen) atoms. The number of nitrogens with zero attached hydrogens (tertiary/aromatic N) is 2. The normalized spacial score (nSPS) is 11.6. The minimum absolute atomic E-state index is 0.0194. The second kappa shape index (κ2) is 5.67. The zero-order chi connectivity index (χ0) is 12.2. The maximum absolute atomic E-state index is 11.8. The van der Waals surface area contributed by atoms with E-state index in [1.54, 1.807) is 0 Å². The fourth-order valence-corrected chi connectivity index (χ4v) is 1.30. The van der Waals surface area contributed by atoms with E-state index in [4.69, 9.17) is 16.3 Å². The van der Waals surface area contributed by atoms with E-state index in [1.807, 2.05) is 0 Å². The molecule has 1 aromatic rings. The van der Waals surface area contributed by atoms with Crippen LogP contribution in [0.4, 0.5) is 13.2 Å². The highest BCUT2D eigenvalue weighted by Gasteiger charge is 2.26. The molecule has 1 heterocycles. The molecule has 0 amide bonds. The first-order valence-electron chi connectivity index (χ1n) is 4.26. The lowest BCUT2D eigenvalue weighted by Crippen LogP contribution is -2.10. The fraction of sp³-hybridized carbons (Fsp3) is 0.500. The van der Waals surface area contributed by atoms with Gasteiger partial charge in [0.25, 0.3) is 0 Å². The molecule has 0 aliphatic carbocycles. The molecule has 0 aliphatic heterocycles. The summed E-state index contributed by atoms with van der Waals surface area (Å²) in [6.45, 7) is -0.0779. The van der Waals surface area contributed by atoms with E-state index in [0.717, 1.165) is 0 Å². The molecule has 3 nitrogen and oxygen atoms in total. The maximum Gasteiger partial charge on any atom is 0.389 e. The quantitative estimate of drug-likeness (QED) is 0.628. The molecule has 1 aromatic heterocycles. The molecule has 0 bridgehead atoms. The Labute approximate surface area is 103 Å². The highest BCUT2D eigenvalue weighted by Crippen LogP contribution is 2.24. The Bertz CT molecular complexity index is 362. The average Bonchev–Trinajstić information content (AvgIpc) is 2.16. The number of hydrogen-bond donors (Lipinski definition) is 0. The lowest BCUT2D eigenvalue weighted by atomic mass is 10.3. The molecule has 0 saturated heterocycles. The Morgan fingerprint density at radius 1 is 1.44 bits per heavy atom. The molecule has 0 aliphatic rings. The van der Waals surface area contributed by atoms with E-state index < -0.39 is 12.6 Å².